The van der Waals surface area contributed by atoms with E-state index in [0.717, 1.165) is 0 Å². The molecule has 0 aromatic heterocycles. The van der Waals surface area contributed by atoms with Crippen LogP contribution in [-0.4, -0.2) is 36.1 Å². The number of likely N-dealkylation sites (tertiary alicyclic amines) is 1. The molecule has 0 aromatic rings. The van der Waals surface area contributed by atoms with Crippen molar-refractivity contribution < 1.29 is 18.0 Å². The summed E-state index contributed by atoms with van der Waals surface area (Å²) in [5, 5.41) is 0. The first-order chi connectivity index (χ1) is 7.86. The SMILES string of the molecule is C=CCC(N)C(=O)N1CCC(C(F)(F)F)CC1. The molecule has 0 saturated carbocycles. The molecule has 1 atom stereocenters. The number of carbonyl (C=O) groups excluding carboxylic acids is 1. The molecule has 1 amide bonds. The molecule has 0 aromatic carbocycles. The Hall–Kier alpha value is -1.04. The van der Waals surface area contributed by atoms with Gasteiger partial charge in [-0.3, -0.25) is 4.79 Å². The molecule has 98 valence electrons. The number of alkyl halides is 3. The Morgan fingerprint density at radius 1 is 1.47 bits per heavy atom. The van der Waals surface area contributed by atoms with Crippen molar-refractivity contribution in [3.05, 3.63) is 12.7 Å². The van der Waals surface area contributed by atoms with Crippen LogP contribution in [0.25, 0.3) is 0 Å². The van der Waals surface area contributed by atoms with Gasteiger partial charge < -0.3 is 10.6 Å². The number of nitrogens with two attached hydrogens (primary N) is 1. The van der Waals surface area contributed by atoms with Gasteiger partial charge in [-0.05, 0) is 19.3 Å². The van der Waals surface area contributed by atoms with Gasteiger partial charge in [0.15, 0.2) is 0 Å². The van der Waals surface area contributed by atoms with Crippen molar-refractivity contribution in [1.82, 2.24) is 4.90 Å². The molecular formula is C11H17F3N2O. The van der Waals surface area contributed by atoms with E-state index in [1.807, 2.05) is 0 Å². The largest absolute Gasteiger partial charge is 0.391 e. The number of amides is 1. The highest BCUT2D eigenvalue weighted by molar-refractivity contribution is 5.81. The molecule has 1 aliphatic rings. The number of hydrogen-bond acceptors (Lipinski definition) is 2. The Bertz CT molecular complexity index is 283. The summed E-state index contributed by atoms with van der Waals surface area (Å²) in [5.41, 5.74) is 5.59. The van der Waals surface area contributed by atoms with Crippen molar-refractivity contribution in [3.8, 4) is 0 Å². The van der Waals surface area contributed by atoms with E-state index in [0.29, 0.717) is 6.42 Å². The van der Waals surface area contributed by atoms with Crippen LogP contribution in [0, 0.1) is 5.92 Å². The van der Waals surface area contributed by atoms with Gasteiger partial charge in [0.05, 0.1) is 12.0 Å². The zero-order valence-corrected chi connectivity index (χ0v) is 9.54. The number of piperidine rings is 1. The van der Waals surface area contributed by atoms with E-state index in [4.69, 9.17) is 5.73 Å². The third-order valence-electron chi connectivity index (χ3n) is 3.01. The molecule has 0 spiro atoms. The Morgan fingerprint density at radius 2 is 2.00 bits per heavy atom. The van der Waals surface area contributed by atoms with Crippen molar-refractivity contribution in [1.29, 1.82) is 0 Å². The van der Waals surface area contributed by atoms with E-state index in [2.05, 4.69) is 6.58 Å². The van der Waals surface area contributed by atoms with Crippen LogP contribution in [0.4, 0.5) is 13.2 Å². The lowest BCUT2D eigenvalue weighted by atomic mass is 9.96. The van der Waals surface area contributed by atoms with Gasteiger partial charge in [0, 0.05) is 13.1 Å². The Labute approximate surface area is 98.5 Å². The molecule has 0 aliphatic carbocycles. The quantitative estimate of drug-likeness (QED) is 0.775. The van der Waals surface area contributed by atoms with E-state index in [1.54, 1.807) is 0 Å². The predicted molar refractivity (Wildman–Crippen MR) is 58.1 cm³/mol. The van der Waals surface area contributed by atoms with Gasteiger partial charge in [0.2, 0.25) is 5.91 Å². The normalized spacial score (nSPS) is 20.1. The molecule has 1 unspecified atom stereocenters. The first kappa shape index (κ1) is 14.0. The number of hydrogen-bond donors (Lipinski definition) is 1. The van der Waals surface area contributed by atoms with Crippen LogP contribution in [0.2, 0.25) is 0 Å². The highest BCUT2D eigenvalue weighted by atomic mass is 19.4. The molecule has 17 heavy (non-hydrogen) atoms. The smallest absolute Gasteiger partial charge is 0.341 e. The number of halogens is 3. The van der Waals surface area contributed by atoms with Crippen molar-refractivity contribution in [3.63, 3.8) is 0 Å². The summed E-state index contributed by atoms with van der Waals surface area (Å²) in [5.74, 6) is -1.58. The van der Waals surface area contributed by atoms with Gasteiger partial charge in [0.1, 0.15) is 0 Å². The van der Waals surface area contributed by atoms with Crippen molar-refractivity contribution in [2.45, 2.75) is 31.5 Å². The van der Waals surface area contributed by atoms with Crippen molar-refractivity contribution in [2.24, 2.45) is 11.7 Å². The fourth-order valence-electron chi connectivity index (χ4n) is 1.94. The molecule has 0 bridgehead atoms. The van der Waals surface area contributed by atoms with Crippen LogP contribution in [-0.2, 0) is 4.79 Å². The van der Waals surface area contributed by atoms with E-state index >= 15 is 0 Å². The van der Waals surface area contributed by atoms with Gasteiger partial charge in [-0.2, -0.15) is 13.2 Å². The summed E-state index contributed by atoms with van der Waals surface area (Å²) in [4.78, 5) is 13.1. The zero-order valence-electron chi connectivity index (χ0n) is 9.54. The minimum Gasteiger partial charge on any atom is -0.341 e. The summed E-state index contributed by atoms with van der Waals surface area (Å²) in [6, 6.07) is -0.685. The molecule has 1 heterocycles. The molecule has 1 rings (SSSR count). The molecular weight excluding hydrogens is 233 g/mol. The van der Waals surface area contributed by atoms with E-state index in [-0.39, 0.29) is 31.8 Å². The predicted octanol–water partition coefficient (Wildman–Crippen LogP) is 1.69. The van der Waals surface area contributed by atoms with E-state index < -0.39 is 18.1 Å². The standard InChI is InChI=1S/C11H17F3N2O/c1-2-3-9(15)10(17)16-6-4-8(5-7-16)11(12,13)14/h2,8-9H,1,3-7,15H2. The second-order valence-corrected chi connectivity index (χ2v) is 4.27. The van der Waals surface area contributed by atoms with Crippen LogP contribution < -0.4 is 5.73 Å². The second kappa shape index (κ2) is 5.53. The summed E-state index contributed by atoms with van der Waals surface area (Å²) in [6.45, 7) is 3.74. The van der Waals surface area contributed by atoms with Crippen LogP contribution >= 0.6 is 0 Å². The third kappa shape index (κ3) is 3.73. The van der Waals surface area contributed by atoms with Crippen LogP contribution in [0.3, 0.4) is 0 Å². The number of rotatable bonds is 3. The van der Waals surface area contributed by atoms with Gasteiger partial charge >= 0.3 is 6.18 Å². The fourth-order valence-corrected chi connectivity index (χ4v) is 1.94. The summed E-state index contributed by atoms with van der Waals surface area (Å²) >= 11 is 0. The van der Waals surface area contributed by atoms with Crippen molar-refractivity contribution in [2.75, 3.05) is 13.1 Å². The van der Waals surface area contributed by atoms with Gasteiger partial charge in [-0.15, -0.1) is 6.58 Å². The molecule has 2 N–H and O–H groups in total. The fraction of sp³-hybridized carbons (Fsp3) is 0.727. The maximum absolute atomic E-state index is 12.4. The maximum atomic E-state index is 12.4. The van der Waals surface area contributed by atoms with Crippen molar-refractivity contribution >= 4 is 5.91 Å². The summed E-state index contributed by atoms with van der Waals surface area (Å²) in [7, 11) is 0. The molecule has 1 aliphatic heterocycles. The Balaban J connectivity index is 2.46. The second-order valence-electron chi connectivity index (χ2n) is 4.27. The summed E-state index contributed by atoms with van der Waals surface area (Å²) in [6.07, 6.45) is -2.34. The lowest BCUT2D eigenvalue weighted by molar-refractivity contribution is -0.186. The zero-order chi connectivity index (χ0) is 13.1. The lowest BCUT2D eigenvalue weighted by Gasteiger charge is -2.34. The average Bonchev–Trinajstić information content (AvgIpc) is 2.27. The topological polar surface area (TPSA) is 46.3 Å². The van der Waals surface area contributed by atoms with Crippen LogP contribution in [0.1, 0.15) is 19.3 Å². The number of nitrogens with zero attached hydrogens (tertiary/aromatic N) is 1. The number of carbonyl (C=O) groups is 1. The highest BCUT2D eigenvalue weighted by Gasteiger charge is 2.41. The molecule has 1 fully saturated rings. The minimum absolute atomic E-state index is 0.0317. The first-order valence-corrected chi connectivity index (χ1v) is 5.58. The lowest BCUT2D eigenvalue weighted by Crippen LogP contribution is -2.48. The van der Waals surface area contributed by atoms with Crippen LogP contribution in [0.15, 0.2) is 12.7 Å². The molecule has 0 radical (unpaired) electrons. The van der Waals surface area contributed by atoms with Gasteiger partial charge in [0.25, 0.3) is 0 Å². The Morgan fingerprint density at radius 3 is 2.41 bits per heavy atom. The van der Waals surface area contributed by atoms with Gasteiger partial charge in [-0.25, -0.2) is 0 Å². The van der Waals surface area contributed by atoms with E-state index in [1.165, 1.54) is 11.0 Å². The highest BCUT2D eigenvalue weighted by Crippen LogP contribution is 2.34. The molecule has 3 nitrogen and oxygen atoms in total. The average molecular weight is 250 g/mol. The molecule has 1 saturated heterocycles. The van der Waals surface area contributed by atoms with Crippen LogP contribution in [0.5, 0.6) is 0 Å². The maximum Gasteiger partial charge on any atom is 0.391 e. The van der Waals surface area contributed by atoms with E-state index in [9.17, 15) is 18.0 Å². The summed E-state index contributed by atoms with van der Waals surface area (Å²) < 4.78 is 37.2. The minimum atomic E-state index is -4.15. The monoisotopic (exact) mass is 250 g/mol. The Kier molecular flexibility index (Phi) is 4.56. The first-order valence-electron chi connectivity index (χ1n) is 5.58. The van der Waals surface area contributed by atoms with Gasteiger partial charge in [-0.1, -0.05) is 6.08 Å². The third-order valence-corrected chi connectivity index (χ3v) is 3.01. The molecule has 6 heteroatoms.